The Labute approximate surface area is 228 Å². The van der Waals surface area contributed by atoms with Gasteiger partial charge in [-0.05, 0) is 55.3 Å². The van der Waals surface area contributed by atoms with Gasteiger partial charge in [-0.15, -0.1) is 11.3 Å². The first-order valence-electron chi connectivity index (χ1n) is 12.0. The molecule has 2 amide bonds. The van der Waals surface area contributed by atoms with Crippen LogP contribution in [0.5, 0.6) is 0 Å². The molecule has 1 aromatic carbocycles. The molecule has 4 heterocycles. The van der Waals surface area contributed by atoms with Crippen LogP contribution in [0.4, 0.5) is 5.13 Å². The zero-order chi connectivity index (χ0) is 27.6. The Morgan fingerprint density at radius 1 is 1.00 bits per heavy atom. The Balaban J connectivity index is 1.26. The zero-order valence-corrected chi connectivity index (χ0v) is 22.7. The van der Waals surface area contributed by atoms with E-state index in [9.17, 15) is 18.0 Å². The first-order chi connectivity index (χ1) is 18.7. The summed E-state index contributed by atoms with van der Waals surface area (Å²) in [5.74, 6) is -1.08. The summed E-state index contributed by atoms with van der Waals surface area (Å²) in [6.07, 6.45) is 6.19. The van der Waals surface area contributed by atoms with Crippen molar-refractivity contribution in [3.05, 3.63) is 84.3 Å². The van der Waals surface area contributed by atoms with Crippen molar-refractivity contribution in [2.75, 3.05) is 11.9 Å². The number of anilines is 1. The predicted molar refractivity (Wildman–Crippen MR) is 151 cm³/mol. The van der Waals surface area contributed by atoms with Crippen LogP contribution in [-0.4, -0.2) is 51.0 Å². The number of benzene rings is 1. The normalized spacial score (nSPS) is 11.6. The highest BCUT2D eigenvalue weighted by Crippen LogP contribution is 2.29. The van der Waals surface area contributed by atoms with Crippen LogP contribution in [0.1, 0.15) is 24.2 Å². The van der Waals surface area contributed by atoms with E-state index < -0.39 is 27.1 Å². The molecule has 0 aliphatic rings. The van der Waals surface area contributed by atoms with Crippen LogP contribution in [0.15, 0.2) is 78.7 Å². The second-order valence-electron chi connectivity index (χ2n) is 8.89. The lowest BCUT2D eigenvalue weighted by atomic mass is 10.0. The number of pyridine rings is 2. The molecule has 39 heavy (non-hydrogen) atoms. The van der Waals surface area contributed by atoms with E-state index >= 15 is 0 Å². The molecule has 0 saturated carbocycles. The van der Waals surface area contributed by atoms with Crippen molar-refractivity contribution < 1.29 is 18.0 Å². The van der Waals surface area contributed by atoms with Gasteiger partial charge in [0.15, 0.2) is 5.13 Å². The van der Waals surface area contributed by atoms with Gasteiger partial charge < -0.3 is 10.6 Å². The zero-order valence-electron chi connectivity index (χ0n) is 21.0. The van der Waals surface area contributed by atoms with E-state index in [-0.39, 0.29) is 17.6 Å². The third kappa shape index (κ3) is 5.42. The van der Waals surface area contributed by atoms with Gasteiger partial charge in [-0.3, -0.25) is 19.6 Å². The number of nitrogens with zero attached hydrogens (tertiary/aromatic N) is 4. The molecule has 0 aliphatic heterocycles. The average molecular weight is 561 g/mol. The number of hydrogen-bond acceptors (Lipinski definition) is 8. The second kappa shape index (κ2) is 10.8. The number of nitrogens with one attached hydrogen (secondary N) is 2. The minimum Gasteiger partial charge on any atom is -0.343 e. The first-order valence-corrected chi connectivity index (χ1v) is 14.4. The molecule has 0 unspecified atom stereocenters. The van der Waals surface area contributed by atoms with Gasteiger partial charge in [0.1, 0.15) is 5.52 Å². The van der Waals surface area contributed by atoms with Gasteiger partial charge >= 0.3 is 0 Å². The van der Waals surface area contributed by atoms with E-state index in [1.54, 1.807) is 38.4 Å². The van der Waals surface area contributed by atoms with Crippen LogP contribution in [0, 0.1) is 0 Å². The van der Waals surface area contributed by atoms with E-state index in [1.165, 1.54) is 23.7 Å². The summed E-state index contributed by atoms with van der Waals surface area (Å²) in [5, 5.41) is 6.77. The van der Waals surface area contributed by atoms with Crippen molar-refractivity contribution in [2.24, 2.45) is 0 Å². The largest absolute Gasteiger partial charge is 0.343 e. The summed E-state index contributed by atoms with van der Waals surface area (Å²) in [7, 11) is -3.72. The number of rotatable bonds is 8. The highest BCUT2D eigenvalue weighted by molar-refractivity contribution is 7.90. The van der Waals surface area contributed by atoms with Crippen LogP contribution in [-0.2, 0) is 14.8 Å². The minimum atomic E-state index is -3.72. The van der Waals surface area contributed by atoms with E-state index in [0.29, 0.717) is 16.3 Å². The fourth-order valence-electron chi connectivity index (χ4n) is 3.92. The van der Waals surface area contributed by atoms with Crippen LogP contribution >= 0.6 is 11.3 Å². The van der Waals surface area contributed by atoms with E-state index in [2.05, 4.69) is 25.6 Å². The lowest BCUT2D eigenvalue weighted by Crippen LogP contribution is -2.32. The Kier molecular flexibility index (Phi) is 7.22. The molecule has 0 saturated heterocycles. The fraction of sp³-hybridized carbons (Fsp3) is 0.148. The smallest absolute Gasteiger partial charge is 0.255 e. The second-order valence-corrected chi connectivity index (χ2v) is 12.1. The first kappa shape index (κ1) is 26.2. The van der Waals surface area contributed by atoms with Crippen molar-refractivity contribution in [1.29, 1.82) is 0 Å². The van der Waals surface area contributed by atoms with Gasteiger partial charge in [-0.1, -0.05) is 18.2 Å². The van der Waals surface area contributed by atoms with Gasteiger partial charge in [0.2, 0.25) is 15.9 Å². The fourth-order valence-corrected chi connectivity index (χ4v) is 5.78. The summed E-state index contributed by atoms with van der Waals surface area (Å²) in [6, 6.07) is 14.9. The topological polar surface area (TPSA) is 136 Å². The average Bonchev–Trinajstić information content (AvgIpc) is 3.58. The Hall–Kier alpha value is -4.42. The van der Waals surface area contributed by atoms with Crippen molar-refractivity contribution in [3.8, 4) is 22.4 Å². The molecule has 0 spiro atoms. The summed E-state index contributed by atoms with van der Waals surface area (Å²) >= 11 is 1.27. The molecular formula is C27H24N6O4S2. The highest BCUT2D eigenvalue weighted by Gasteiger charge is 2.25. The van der Waals surface area contributed by atoms with E-state index in [0.717, 1.165) is 20.7 Å². The number of fused-ring (bicyclic) bond motifs is 1. The molecule has 5 aromatic rings. The lowest BCUT2D eigenvalue weighted by Gasteiger charge is -2.09. The number of carbonyl (C=O) groups is 2. The molecule has 12 heteroatoms. The molecular weight excluding hydrogens is 536 g/mol. The van der Waals surface area contributed by atoms with Crippen LogP contribution in [0.25, 0.3) is 33.4 Å². The standard InChI is InChI=1S/C27H24N6O4S2/c1-17(2)39(36,37)33-15-21(25-23(33)7-4-10-29-25)26(35)30-14-24(34)32-27-31-22(16-38-27)20-6-3-5-19(13-20)18-8-11-28-12-9-18/h3-13,15-17H,14H2,1-2H3,(H,30,35)(H,31,32,34). The van der Waals surface area contributed by atoms with Gasteiger partial charge in [0.25, 0.3) is 5.91 Å². The third-order valence-corrected chi connectivity index (χ3v) is 8.77. The van der Waals surface area contributed by atoms with Crippen molar-refractivity contribution in [3.63, 3.8) is 0 Å². The number of thiazole rings is 1. The number of hydrogen-bond donors (Lipinski definition) is 2. The number of carbonyl (C=O) groups excluding carboxylic acids is 2. The summed E-state index contributed by atoms with van der Waals surface area (Å²) < 4.78 is 26.6. The maximum absolute atomic E-state index is 12.9. The van der Waals surface area contributed by atoms with Crippen molar-refractivity contribution in [2.45, 2.75) is 19.1 Å². The quantitative estimate of drug-likeness (QED) is 0.291. The maximum atomic E-state index is 12.9. The van der Waals surface area contributed by atoms with Crippen molar-refractivity contribution >= 4 is 49.3 Å². The number of aromatic nitrogens is 4. The van der Waals surface area contributed by atoms with Crippen LogP contribution in [0.2, 0.25) is 0 Å². The predicted octanol–water partition coefficient (Wildman–Crippen LogP) is 4.18. The molecule has 0 radical (unpaired) electrons. The molecule has 198 valence electrons. The Morgan fingerprint density at radius 2 is 1.77 bits per heavy atom. The minimum absolute atomic E-state index is 0.0632. The molecule has 4 aromatic heterocycles. The summed E-state index contributed by atoms with van der Waals surface area (Å²) in [6.45, 7) is 2.79. The van der Waals surface area contributed by atoms with Gasteiger partial charge in [0, 0.05) is 35.7 Å². The van der Waals surface area contributed by atoms with E-state index in [1.807, 2.05) is 41.8 Å². The summed E-state index contributed by atoms with van der Waals surface area (Å²) in [5.41, 5.74) is 4.25. The highest BCUT2D eigenvalue weighted by atomic mass is 32.2. The van der Waals surface area contributed by atoms with Crippen LogP contribution < -0.4 is 10.6 Å². The lowest BCUT2D eigenvalue weighted by molar-refractivity contribution is -0.115. The monoisotopic (exact) mass is 560 g/mol. The van der Waals surface area contributed by atoms with E-state index in [4.69, 9.17) is 0 Å². The SMILES string of the molecule is CC(C)S(=O)(=O)n1cc(C(=O)NCC(=O)Nc2nc(-c3cccc(-c4ccncc4)c3)cs2)c2ncccc21. The molecule has 0 atom stereocenters. The van der Waals surface area contributed by atoms with Gasteiger partial charge in [-0.25, -0.2) is 17.4 Å². The molecule has 5 rings (SSSR count). The third-order valence-electron chi connectivity index (χ3n) is 5.97. The van der Waals surface area contributed by atoms with Crippen molar-refractivity contribution in [1.82, 2.24) is 24.2 Å². The molecule has 0 bridgehead atoms. The number of amides is 2. The summed E-state index contributed by atoms with van der Waals surface area (Å²) in [4.78, 5) is 38.2. The molecule has 2 N–H and O–H groups in total. The van der Waals surface area contributed by atoms with Crippen LogP contribution in [0.3, 0.4) is 0 Å². The Morgan fingerprint density at radius 3 is 2.54 bits per heavy atom. The molecule has 10 nitrogen and oxygen atoms in total. The molecule has 0 fully saturated rings. The van der Waals surface area contributed by atoms with Gasteiger partial charge in [-0.2, -0.15) is 0 Å². The molecule has 0 aliphatic carbocycles. The Bertz CT molecular complexity index is 1780. The maximum Gasteiger partial charge on any atom is 0.255 e. The van der Waals surface area contributed by atoms with Gasteiger partial charge in [0.05, 0.1) is 28.6 Å².